The van der Waals surface area contributed by atoms with Crippen LogP contribution in [0.3, 0.4) is 0 Å². The summed E-state index contributed by atoms with van der Waals surface area (Å²) in [5.74, 6) is 0.569. The molecular weight excluding hydrogens is 420 g/mol. The monoisotopic (exact) mass is 446 g/mol. The molecule has 2 heterocycles. The highest BCUT2D eigenvalue weighted by Gasteiger charge is 2.41. The second kappa shape index (κ2) is 6.90. The van der Waals surface area contributed by atoms with E-state index < -0.39 is 10.0 Å². The van der Waals surface area contributed by atoms with E-state index in [0.717, 1.165) is 48.0 Å². The smallest absolute Gasteiger partial charge is 0.241 e. The second-order valence-corrected chi connectivity index (χ2v) is 11.6. The first-order valence-electron chi connectivity index (χ1n) is 11.5. The Morgan fingerprint density at radius 3 is 2.44 bits per heavy atom. The predicted octanol–water partition coefficient (Wildman–Crippen LogP) is 5.01. The zero-order valence-corrected chi connectivity index (χ0v) is 19.0. The van der Waals surface area contributed by atoms with E-state index in [1.54, 1.807) is 12.1 Å². The highest BCUT2D eigenvalue weighted by atomic mass is 32.2. The molecule has 1 N–H and O–H groups in total. The number of nitrogens with zero attached hydrogens (tertiary/aromatic N) is 3. The van der Waals surface area contributed by atoms with Crippen molar-refractivity contribution in [1.82, 2.24) is 14.3 Å². The molecule has 164 valence electrons. The van der Waals surface area contributed by atoms with E-state index in [2.05, 4.69) is 21.4 Å². The molecule has 6 rings (SSSR count). The Morgan fingerprint density at radius 1 is 1.16 bits per heavy atom. The van der Waals surface area contributed by atoms with Gasteiger partial charge < -0.3 is 4.57 Å². The highest BCUT2D eigenvalue weighted by molar-refractivity contribution is 7.89. The fourth-order valence-electron chi connectivity index (χ4n) is 4.71. The lowest BCUT2D eigenvalue weighted by atomic mass is 9.92. The summed E-state index contributed by atoms with van der Waals surface area (Å²) in [6, 6.07) is 11.9. The van der Waals surface area contributed by atoms with E-state index in [0.29, 0.717) is 17.5 Å². The van der Waals surface area contributed by atoms with Crippen LogP contribution in [0.2, 0.25) is 0 Å². The average molecular weight is 447 g/mol. The molecule has 0 unspecified atom stereocenters. The Hall–Kier alpha value is -2.69. The van der Waals surface area contributed by atoms with Crippen molar-refractivity contribution in [2.75, 3.05) is 0 Å². The molecule has 7 heteroatoms. The molecule has 1 aromatic carbocycles. The molecule has 2 aromatic heterocycles. The molecule has 0 spiro atoms. The van der Waals surface area contributed by atoms with Gasteiger partial charge in [0.15, 0.2) is 0 Å². The van der Waals surface area contributed by atoms with Crippen LogP contribution in [0.1, 0.15) is 75.0 Å². The molecule has 0 saturated heterocycles. The van der Waals surface area contributed by atoms with E-state index in [1.807, 2.05) is 25.3 Å². The first kappa shape index (κ1) is 20.0. The Balaban J connectivity index is 1.47. The largest absolute Gasteiger partial charge is 0.321 e. The molecule has 0 aliphatic heterocycles. The SMILES string of the molecule is CC1(NS(=O)(=O)c2ccc(-c3c(C#N)c4cc(C5CC5)cnc4n3C3CCC3)cc2)CC1. The maximum Gasteiger partial charge on any atom is 0.241 e. The van der Waals surface area contributed by atoms with E-state index in [9.17, 15) is 13.7 Å². The summed E-state index contributed by atoms with van der Waals surface area (Å²) in [5, 5.41) is 11.0. The van der Waals surface area contributed by atoms with Crippen molar-refractivity contribution in [3.63, 3.8) is 0 Å². The van der Waals surface area contributed by atoms with E-state index >= 15 is 0 Å². The predicted molar refractivity (Wildman–Crippen MR) is 123 cm³/mol. The van der Waals surface area contributed by atoms with Gasteiger partial charge in [0.05, 0.1) is 16.2 Å². The average Bonchev–Trinajstić information content (AvgIpc) is 3.66. The van der Waals surface area contributed by atoms with Gasteiger partial charge in [-0.3, -0.25) is 0 Å². The molecule has 3 aliphatic carbocycles. The molecule has 3 aliphatic rings. The number of sulfonamides is 1. The van der Waals surface area contributed by atoms with Crippen molar-refractivity contribution >= 4 is 21.1 Å². The van der Waals surface area contributed by atoms with Crippen LogP contribution in [0.25, 0.3) is 22.3 Å². The van der Waals surface area contributed by atoms with E-state index in [1.165, 1.54) is 24.8 Å². The topological polar surface area (TPSA) is 87.8 Å². The Morgan fingerprint density at radius 2 is 1.88 bits per heavy atom. The van der Waals surface area contributed by atoms with Crippen LogP contribution < -0.4 is 4.72 Å². The van der Waals surface area contributed by atoms with Crippen molar-refractivity contribution < 1.29 is 8.42 Å². The standard InChI is InChI=1S/C25H26N4O2S/c1-25(11-12-25)28-32(30,31)20-9-7-17(8-10-20)23-22(14-26)21-13-18(16-5-6-16)15-27-24(21)29(23)19-3-2-4-19/h7-10,13,15-16,19,28H,2-6,11-12H2,1H3. The van der Waals surface area contributed by atoms with E-state index in [-0.39, 0.29) is 10.4 Å². The van der Waals surface area contributed by atoms with Crippen LogP contribution in [0.15, 0.2) is 41.4 Å². The number of hydrogen-bond acceptors (Lipinski definition) is 4. The molecular formula is C25H26N4O2S. The van der Waals surface area contributed by atoms with Crippen molar-refractivity contribution in [2.45, 2.75) is 74.3 Å². The van der Waals surface area contributed by atoms with E-state index in [4.69, 9.17) is 4.98 Å². The maximum absolute atomic E-state index is 12.8. The summed E-state index contributed by atoms with van der Waals surface area (Å²) in [4.78, 5) is 5.07. The minimum absolute atomic E-state index is 0.258. The molecule has 3 fully saturated rings. The lowest BCUT2D eigenvalue weighted by Gasteiger charge is -2.29. The van der Waals surface area contributed by atoms with Crippen LogP contribution >= 0.6 is 0 Å². The number of rotatable bonds is 6. The third-order valence-electron chi connectivity index (χ3n) is 7.28. The van der Waals surface area contributed by atoms with Crippen LogP contribution in [-0.2, 0) is 10.0 Å². The summed E-state index contributed by atoms with van der Waals surface area (Å²) >= 11 is 0. The number of nitrogens with one attached hydrogen (secondary N) is 1. The minimum atomic E-state index is -3.56. The Labute approximate surface area is 188 Å². The summed E-state index contributed by atoms with van der Waals surface area (Å²) in [6.45, 7) is 1.93. The molecule has 6 nitrogen and oxygen atoms in total. The van der Waals surface area contributed by atoms with Crippen LogP contribution in [-0.4, -0.2) is 23.5 Å². The number of pyridine rings is 1. The summed E-state index contributed by atoms with van der Waals surface area (Å²) in [6.07, 6.45) is 9.40. The van der Waals surface area contributed by atoms with Crippen LogP contribution in [0.5, 0.6) is 0 Å². The quantitative estimate of drug-likeness (QED) is 0.577. The van der Waals surface area contributed by atoms with Gasteiger partial charge in [0.1, 0.15) is 11.7 Å². The maximum atomic E-state index is 12.8. The van der Waals surface area contributed by atoms with Gasteiger partial charge in [-0.1, -0.05) is 12.1 Å². The molecule has 32 heavy (non-hydrogen) atoms. The summed E-state index contributed by atoms with van der Waals surface area (Å²) < 4.78 is 30.5. The number of nitriles is 1. The number of aromatic nitrogens is 2. The van der Waals surface area contributed by atoms with Crippen molar-refractivity contribution in [1.29, 1.82) is 5.26 Å². The zero-order chi connectivity index (χ0) is 22.1. The Bertz CT molecular complexity index is 1370. The van der Waals surface area contributed by atoms with Gasteiger partial charge in [0, 0.05) is 23.2 Å². The molecule has 0 amide bonds. The number of benzene rings is 1. The molecule has 0 atom stereocenters. The van der Waals surface area contributed by atoms with Gasteiger partial charge in [0.2, 0.25) is 10.0 Å². The normalized spacial score (nSPS) is 20.1. The summed E-state index contributed by atoms with van der Waals surface area (Å²) in [5.41, 5.74) is 4.13. The number of fused-ring (bicyclic) bond motifs is 1. The zero-order valence-electron chi connectivity index (χ0n) is 18.1. The van der Waals surface area contributed by atoms with Crippen LogP contribution in [0.4, 0.5) is 0 Å². The van der Waals surface area contributed by atoms with Gasteiger partial charge in [-0.25, -0.2) is 18.1 Å². The van der Waals surface area contributed by atoms with Gasteiger partial charge in [0.25, 0.3) is 0 Å². The van der Waals surface area contributed by atoms with Crippen molar-refractivity contribution in [3.05, 3.63) is 47.7 Å². The third-order valence-corrected chi connectivity index (χ3v) is 8.94. The molecule has 3 saturated carbocycles. The van der Waals surface area contributed by atoms with Crippen molar-refractivity contribution in [2.24, 2.45) is 0 Å². The highest BCUT2D eigenvalue weighted by Crippen LogP contribution is 2.45. The number of hydrogen-bond donors (Lipinski definition) is 1. The van der Waals surface area contributed by atoms with Gasteiger partial charge >= 0.3 is 0 Å². The first-order chi connectivity index (χ1) is 15.4. The molecule has 0 radical (unpaired) electrons. The van der Waals surface area contributed by atoms with Crippen molar-refractivity contribution in [3.8, 4) is 17.3 Å². The lowest BCUT2D eigenvalue weighted by Crippen LogP contribution is -2.34. The fourth-order valence-corrected chi connectivity index (χ4v) is 6.17. The second-order valence-electron chi connectivity index (χ2n) is 9.89. The third kappa shape index (κ3) is 3.25. The van der Waals surface area contributed by atoms with Gasteiger partial charge in [-0.05, 0) is 87.1 Å². The Kier molecular flexibility index (Phi) is 4.30. The lowest BCUT2D eigenvalue weighted by molar-refractivity contribution is 0.323. The fraction of sp³-hybridized carbons (Fsp3) is 0.440. The molecule has 3 aromatic rings. The van der Waals surface area contributed by atoms with Gasteiger partial charge in [-0.2, -0.15) is 5.26 Å². The first-order valence-corrected chi connectivity index (χ1v) is 13.0. The summed E-state index contributed by atoms with van der Waals surface area (Å²) in [7, 11) is -3.56. The van der Waals surface area contributed by atoms with Gasteiger partial charge in [-0.15, -0.1) is 0 Å². The minimum Gasteiger partial charge on any atom is -0.321 e. The van der Waals surface area contributed by atoms with Crippen LogP contribution in [0, 0.1) is 11.3 Å². The molecule has 0 bridgehead atoms.